The van der Waals surface area contributed by atoms with Crippen molar-refractivity contribution in [1.82, 2.24) is 0 Å². The van der Waals surface area contributed by atoms with Gasteiger partial charge in [0.1, 0.15) is 5.75 Å². The lowest BCUT2D eigenvalue weighted by molar-refractivity contribution is -0.384. The number of benzene rings is 1. The molecular weight excluding hydrogens is 272 g/mol. The molecule has 1 N–H and O–H groups in total. The van der Waals surface area contributed by atoms with Crippen molar-refractivity contribution in [3.63, 3.8) is 0 Å². The van der Waals surface area contributed by atoms with Crippen LogP contribution in [0.1, 0.15) is 32.6 Å². The van der Waals surface area contributed by atoms with Crippen molar-refractivity contribution in [2.24, 2.45) is 0 Å². The number of hydrogen-bond donors (Lipinski definition) is 1. The van der Waals surface area contributed by atoms with Crippen molar-refractivity contribution >= 4 is 11.4 Å². The van der Waals surface area contributed by atoms with Crippen molar-refractivity contribution in [2.45, 2.75) is 44.8 Å². The van der Waals surface area contributed by atoms with Crippen LogP contribution in [-0.4, -0.2) is 30.8 Å². The van der Waals surface area contributed by atoms with Crippen LogP contribution in [0, 0.1) is 10.1 Å². The molecule has 1 aromatic carbocycles. The molecule has 1 aliphatic carbocycles. The molecule has 2 unspecified atom stereocenters. The summed E-state index contributed by atoms with van der Waals surface area (Å²) in [5, 5.41) is 14.4. The highest BCUT2D eigenvalue weighted by atomic mass is 16.6. The predicted octanol–water partition coefficient (Wildman–Crippen LogP) is 3.36. The van der Waals surface area contributed by atoms with Crippen molar-refractivity contribution in [3.05, 3.63) is 28.3 Å². The van der Waals surface area contributed by atoms with Crippen LogP contribution in [0.5, 0.6) is 5.75 Å². The lowest BCUT2D eigenvalue weighted by Crippen LogP contribution is -2.29. The third kappa shape index (κ3) is 4.07. The molecule has 0 saturated heterocycles. The van der Waals surface area contributed by atoms with Gasteiger partial charge in [0.05, 0.1) is 29.7 Å². The number of rotatable bonds is 7. The molecule has 1 saturated carbocycles. The predicted molar refractivity (Wildman–Crippen MR) is 80.9 cm³/mol. The smallest absolute Gasteiger partial charge is 0.275 e. The maximum atomic E-state index is 11.0. The van der Waals surface area contributed by atoms with Crippen LogP contribution in [0.15, 0.2) is 18.2 Å². The second-order valence-electron chi connectivity index (χ2n) is 5.28. The molecule has 0 heterocycles. The average molecular weight is 294 g/mol. The Balaban J connectivity index is 2.16. The Hall–Kier alpha value is -1.82. The molecule has 0 spiro atoms. The fourth-order valence-electron chi connectivity index (χ4n) is 2.66. The van der Waals surface area contributed by atoms with E-state index in [-0.39, 0.29) is 17.8 Å². The standard InChI is InChI=1S/C15H22N2O4/c1-3-7-21-13-9-11(8-12(10-13)17(18)19)16-14-5-4-6-15(14)20-2/h8-10,14-16H,3-7H2,1-2H3. The van der Waals surface area contributed by atoms with E-state index >= 15 is 0 Å². The molecule has 1 aromatic rings. The number of anilines is 1. The van der Waals surface area contributed by atoms with Gasteiger partial charge in [0.25, 0.3) is 5.69 Å². The Labute approximate surface area is 124 Å². The minimum Gasteiger partial charge on any atom is -0.493 e. The fraction of sp³-hybridized carbons (Fsp3) is 0.600. The Bertz CT molecular complexity index is 493. The summed E-state index contributed by atoms with van der Waals surface area (Å²) in [6.07, 6.45) is 4.14. The highest BCUT2D eigenvalue weighted by molar-refractivity contribution is 5.57. The summed E-state index contributed by atoms with van der Waals surface area (Å²) in [5.74, 6) is 0.528. The van der Waals surface area contributed by atoms with Gasteiger partial charge in [-0.1, -0.05) is 6.92 Å². The summed E-state index contributed by atoms with van der Waals surface area (Å²) >= 11 is 0. The molecule has 2 rings (SSSR count). The molecule has 0 aromatic heterocycles. The summed E-state index contributed by atoms with van der Waals surface area (Å²) in [6.45, 7) is 2.54. The van der Waals surface area contributed by atoms with Gasteiger partial charge in [-0.3, -0.25) is 10.1 Å². The van der Waals surface area contributed by atoms with Gasteiger partial charge < -0.3 is 14.8 Å². The normalized spacial score (nSPS) is 21.2. The van der Waals surface area contributed by atoms with Crippen LogP contribution >= 0.6 is 0 Å². The van der Waals surface area contributed by atoms with Gasteiger partial charge in [-0.25, -0.2) is 0 Å². The van der Waals surface area contributed by atoms with Gasteiger partial charge in [-0.2, -0.15) is 0 Å². The molecule has 6 nitrogen and oxygen atoms in total. The van der Waals surface area contributed by atoms with E-state index in [0.29, 0.717) is 18.0 Å². The first-order chi connectivity index (χ1) is 10.1. The number of non-ortho nitro benzene ring substituents is 1. The number of methoxy groups -OCH3 is 1. The lowest BCUT2D eigenvalue weighted by atomic mass is 10.2. The number of ether oxygens (including phenoxy) is 2. The van der Waals surface area contributed by atoms with E-state index in [1.54, 1.807) is 13.2 Å². The molecule has 0 radical (unpaired) electrons. The Kier molecular flexibility index (Phi) is 5.38. The van der Waals surface area contributed by atoms with Crippen molar-refractivity contribution in [2.75, 3.05) is 19.0 Å². The number of nitro groups is 1. The monoisotopic (exact) mass is 294 g/mol. The first kappa shape index (κ1) is 15.6. The number of hydrogen-bond acceptors (Lipinski definition) is 5. The van der Waals surface area contributed by atoms with Crippen LogP contribution in [0.3, 0.4) is 0 Å². The molecule has 1 fully saturated rings. The Morgan fingerprint density at radius 1 is 1.38 bits per heavy atom. The molecule has 6 heteroatoms. The number of nitrogens with zero attached hydrogens (tertiary/aromatic N) is 1. The molecule has 0 bridgehead atoms. The minimum atomic E-state index is -0.396. The third-order valence-corrected chi connectivity index (χ3v) is 3.68. The summed E-state index contributed by atoms with van der Waals surface area (Å²) in [6, 6.07) is 5.01. The molecule has 1 aliphatic rings. The minimum absolute atomic E-state index is 0.0399. The quantitative estimate of drug-likeness (QED) is 0.616. The van der Waals surface area contributed by atoms with E-state index in [4.69, 9.17) is 9.47 Å². The van der Waals surface area contributed by atoms with Gasteiger partial charge in [0.2, 0.25) is 0 Å². The van der Waals surface area contributed by atoms with Crippen LogP contribution < -0.4 is 10.1 Å². The Morgan fingerprint density at radius 3 is 2.86 bits per heavy atom. The first-order valence-corrected chi connectivity index (χ1v) is 7.35. The highest BCUT2D eigenvalue weighted by Gasteiger charge is 2.27. The molecule has 0 amide bonds. The zero-order chi connectivity index (χ0) is 15.2. The largest absolute Gasteiger partial charge is 0.493 e. The summed E-state index contributed by atoms with van der Waals surface area (Å²) in [4.78, 5) is 10.6. The second-order valence-corrected chi connectivity index (χ2v) is 5.28. The van der Waals surface area contributed by atoms with Gasteiger partial charge in [0, 0.05) is 24.9 Å². The second kappa shape index (κ2) is 7.26. The van der Waals surface area contributed by atoms with Crippen molar-refractivity contribution in [1.29, 1.82) is 0 Å². The number of nitrogens with one attached hydrogen (secondary N) is 1. The van der Waals surface area contributed by atoms with E-state index in [1.165, 1.54) is 6.07 Å². The van der Waals surface area contributed by atoms with Crippen LogP contribution in [0.25, 0.3) is 0 Å². The summed E-state index contributed by atoms with van der Waals surface area (Å²) < 4.78 is 11.0. The van der Waals surface area contributed by atoms with E-state index < -0.39 is 4.92 Å². The summed E-state index contributed by atoms with van der Waals surface area (Å²) in [5.41, 5.74) is 0.752. The molecule has 21 heavy (non-hydrogen) atoms. The Morgan fingerprint density at radius 2 is 2.19 bits per heavy atom. The maximum Gasteiger partial charge on any atom is 0.275 e. The van der Waals surface area contributed by atoms with E-state index in [9.17, 15) is 10.1 Å². The topological polar surface area (TPSA) is 73.6 Å². The van der Waals surface area contributed by atoms with Gasteiger partial charge in [-0.05, 0) is 25.7 Å². The summed E-state index contributed by atoms with van der Waals surface area (Å²) in [7, 11) is 1.70. The fourth-order valence-corrected chi connectivity index (χ4v) is 2.66. The number of nitro benzene ring substituents is 1. The van der Waals surface area contributed by atoms with E-state index in [1.807, 2.05) is 13.0 Å². The molecule has 116 valence electrons. The van der Waals surface area contributed by atoms with Crippen LogP contribution in [-0.2, 0) is 4.74 Å². The van der Waals surface area contributed by atoms with E-state index in [2.05, 4.69) is 5.32 Å². The first-order valence-electron chi connectivity index (χ1n) is 7.35. The van der Waals surface area contributed by atoms with Gasteiger partial charge >= 0.3 is 0 Å². The third-order valence-electron chi connectivity index (χ3n) is 3.68. The SMILES string of the molecule is CCCOc1cc(NC2CCCC2OC)cc([N+](=O)[O-])c1. The molecule has 0 aliphatic heterocycles. The zero-order valence-corrected chi connectivity index (χ0v) is 12.5. The zero-order valence-electron chi connectivity index (χ0n) is 12.5. The van der Waals surface area contributed by atoms with Crippen LogP contribution in [0.2, 0.25) is 0 Å². The van der Waals surface area contributed by atoms with E-state index in [0.717, 1.165) is 25.7 Å². The molecular formula is C15H22N2O4. The average Bonchev–Trinajstić information content (AvgIpc) is 2.92. The lowest BCUT2D eigenvalue weighted by Gasteiger charge is -2.21. The van der Waals surface area contributed by atoms with Gasteiger partial charge in [0.15, 0.2) is 0 Å². The van der Waals surface area contributed by atoms with Crippen molar-refractivity contribution in [3.8, 4) is 5.75 Å². The molecule has 2 atom stereocenters. The van der Waals surface area contributed by atoms with Crippen molar-refractivity contribution < 1.29 is 14.4 Å². The highest BCUT2D eigenvalue weighted by Crippen LogP contribution is 2.30. The van der Waals surface area contributed by atoms with Crippen LogP contribution in [0.4, 0.5) is 11.4 Å². The maximum absolute atomic E-state index is 11.0. The van der Waals surface area contributed by atoms with Gasteiger partial charge in [-0.15, -0.1) is 0 Å².